The van der Waals surface area contributed by atoms with Crippen LogP contribution in [0, 0.1) is 0 Å². The van der Waals surface area contributed by atoms with Crippen LogP contribution in [0.4, 0.5) is 5.69 Å². The van der Waals surface area contributed by atoms with E-state index in [4.69, 9.17) is 33.0 Å². The lowest BCUT2D eigenvalue weighted by molar-refractivity contribution is 0.0125. The first kappa shape index (κ1) is 21.7. The number of piperidine rings is 1. The van der Waals surface area contributed by atoms with Crippen molar-refractivity contribution >= 4 is 51.7 Å². The molecule has 1 fully saturated rings. The Balaban J connectivity index is 1.36. The first-order valence-electron chi connectivity index (χ1n) is 9.98. The minimum absolute atomic E-state index is 0.166. The molecule has 30 heavy (non-hydrogen) atoms. The number of benzene rings is 2. The van der Waals surface area contributed by atoms with Crippen LogP contribution in [0.1, 0.15) is 19.8 Å². The first-order chi connectivity index (χ1) is 14.5. The molecule has 0 saturated carbocycles. The van der Waals surface area contributed by atoms with Crippen molar-refractivity contribution in [2.24, 2.45) is 0 Å². The molecule has 0 spiro atoms. The van der Waals surface area contributed by atoms with Crippen LogP contribution >= 0.6 is 35.1 Å². The molecule has 2 heterocycles. The molecule has 0 atom stereocenters. The van der Waals surface area contributed by atoms with Crippen LogP contribution in [0.5, 0.6) is 5.75 Å². The van der Waals surface area contributed by atoms with Gasteiger partial charge in [-0.05, 0) is 68.1 Å². The van der Waals surface area contributed by atoms with Crippen LogP contribution in [0.3, 0.4) is 0 Å². The number of nitrogens with zero attached hydrogens (tertiary/aromatic N) is 1. The fourth-order valence-corrected chi connectivity index (χ4v) is 4.95. The van der Waals surface area contributed by atoms with Gasteiger partial charge in [-0.15, -0.1) is 0 Å². The summed E-state index contributed by atoms with van der Waals surface area (Å²) in [5.41, 5.74) is 1.65. The third-order valence-corrected chi connectivity index (χ3v) is 6.98. The highest BCUT2D eigenvalue weighted by atomic mass is 35.5. The summed E-state index contributed by atoms with van der Waals surface area (Å²) in [5, 5.41) is 11.2. The Hall–Kier alpha value is -1.57. The predicted molar refractivity (Wildman–Crippen MR) is 126 cm³/mol. The van der Waals surface area contributed by atoms with E-state index in [1.165, 1.54) is 11.9 Å². The van der Waals surface area contributed by atoms with Gasteiger partial charge >= 0.3 is 0 Å². The summed E-state index contributed by atoms with van der Waals surface area (Å²) in [5.74, 6) is 0.877. The number of hydrogen-bond donors (Lipinski definition) is 3. The molecule has 0 radical (unpaired) electrons. The molecule has 8 heteroatoms. The number of aliphatic hydroxyl groups excluding tert-OH is 1. The lowest BCUT2D eigenvalue weighted by Gasteiger charge is -2.39. The average molecular weight is 466 g/mol. The highest BCUT2D eigenvalue weighted by Gasteiger charge is 2.31. The van der Waals surface area contributed by atoms with Gasteiger partial charge in [-0.25, -0.2) is 0 Å². The molecule has 0 unspecified atom stereocenters. The second-order valence-corrected chi connectivity index (χ2v) is 9.47. The summed E-state index contributed by atoms with van der Waals surface area (Å²) in [6, 6.07) is 11.9. The normalized spacial score (nSPS) is 16.7. The first-order valence-corrected chi connectivity index (χ1v) is 11.5. The van der Waals surface area contributed by atoms with Crippen molar-refractivity contribution < 1.29 is 9.84 Å². The van der Waals surface area contributed by atoms with E-state index in [1.54, 1.807) is 6.20 Å². The number of ether oxygens (including phenoxy) is 1. The molecule has 5 nitrogen and oxygen atoms in total. The topological polar surface area (TPSA) is 60.5 Å². The molecule has 1 aliphatic rings. The van der Waals surface area contributed by atoms with Crippen molar-refractivity contribution in [1.29, 1.82) is 0 Å². The summed E-state index contributed by atoms with van der Waals surface area (Å²) in [6.45, 7) is 5.02. The Bertz CT molecular complexity index is 1000. The molecule has 1 saturated heterocycles. The minimum atomic E-state index is -0.166. The van der Waals surface area contributed by atoms with E-state index in [0.29, 0.717) is 10.0 Å². The second kappa shape index (κ2) is 9.28. The monoisotopic (exact) mass is 465 g/mol. The van der Waals surface area contributed by atoms with E-state index >= 15 is 0 Å². The van der Waals surface area contributed by atoms with Gasteiger partial charge < -0.3 is 24.4 Å². The fraction of sp³-hybridized carbons (Fsp3) is 0.364. The Kier molecular flexibility index (Phi) is 6.70. The molecule has 160 valence electrons. The van der Waals surface area contributed by atoms with Crippen LogP contribution in [0.2, 0.25) is 10.0 Å². The number of aromatic nitrogens is 1. The van der Waals surface area contributed by atoms with Crippen molar-refractivity contribution in [2.45, 2.75) is 30.3 Å². The maximum atomic E-state index is 9.10. The molecule has 2 aromatic carbocycles. The predicted octanol–water partition coefficient (Wildman–Crippen LogP) is 5.82. The van der Waals surface area contributed by atoms with Gasteiger partial charge in [-0.2, -0.15) is 0 Å². The number of fused-ring (bicyclic) bond motifs is 1. The Morgan fingerprint density at radius 2 is 1.87 bits per heavy atom. The summed E-state index contributed by atoms with van der Waals surface area (Å²) >= 11 is 14.0. The zero-order chi connectivity index (χ0) is 21.1. The number of hydrogen-bond acceptors (Lipinski definition) is 5. The maximum Gasteiger partial charge on any atom is 0.120 e. The average Bonchev–Trinajstić information content (AvgIpc) is 3.13. The summed E-state index contributed by atoms with van der Waals surface area (Å²) < 4.78 is 9.68. The summed E-state index contributed by atoms with van der Waals surface area (Å²) in [4.78, 5) is 6.53. The number of rotatable bonds is 7. The van der Waals surface area contributed by atoms with Gasteiger partial charge in [0.25, 0.3) is 0 Å². The van der Waals surface area contributed by atoms with E-state index in [9.17, 15) is 0 Å². The summed E-state index contributed by atoms with van der Waals surface area (Å²) in [6.07, 6.45) is 3.65. The molecule has 0 amide bonds. The lowest BCUT2D eigenvalue weighted by Crippen LogP contribution is -2.46. The standard InChI is InChI=1S/C22H25Cl2N3O2S/c1-22(8-10-27(11-9-22)12-13-28)29-15-2-4-16(5-3-15)30-26-19-7-6-17(23)20-18(24)14-25-21(19)20/h2-7,14,25-26,28H,8-13H2,1H3. The zero-order valence-electron chi connectivity index (χ0n) is 16.8. The van der Waals surface area contributed by atoms with Gasteiger partial charge in [-0.1, -0.05) is 23.2 Å². The molecular weight excluding hydrogens is 441 g/mol. The van der Waals surface area contributed by atoms with E-state index in [2.05, 4.69) is 21.5 Å². The number of nitrogens with one attached hydrogen (secondary N) is 2. The SMILES string of the molecule is CC1(Oc2ccc(SNc3ccc(Cl)c4c(Cl)c[nH]c34)cc2)CCN(CCO)CC1. The zero-order valence-corrected chi connectivity index (χ0v) is 19.1. The van der Waals surface area contributed by atoms with Crippen molar-refractivity contribution in [1.82, 2.24) is 9.88 Å². The Labute approximate surface area is 190 Å². The number of anilines is 1. The molecule has 0 bridgehead atoms. The van der Waals surface area contributed by atoms with E-state index in [-0.39, 0.29) is 12.2 Å². The maximum absolute atomic E-state index is 9.10. The van der Waals surface area contributed by atoms with Crippen LogP contribution in [0.15, 0.2) is 47.5 Å². The van der Waals surface area contributed by atoms with Crippen LogP contribution in [-0.2, 0) is 0 Å². The largest absolute Gasteiger partial charge is 0.487 e. The van der Waals surface area contributed by atoms with Gasteiger partial charge in [0.1, 0.15) is 11.4 Å². The van der Waals surface area contributed by atoms with Gasteiger partial charge in [0.05, 0.1) is 27.9 Å². The number of aromatic amines is 1. The van der Waals surface area contributed by atoms with Gasteiger partial charge in [0.15, 0.2) is 0 Å². The van der Waals surface area contributed by atoms with Crippen molar-refractivity contribution in [3.8, 4) is 5.75 Å². The third kappa shape index (κ3) is 4.84. The van der Waals surface area contributed by atoms with E-state index < -0.39 is 0 Å². The number of aliphatic hydroxyl groups is 1. The summed E-state index contributed by atoms with van der Waals surface area (Å²) in [7, 11) is 0. The molecule has 1 aromatic heterocycles. The number of likely N-dealkylation sites (tertiary alicyclic amines) is 1. The highest BCUT2D eigenvalue weighted by Crippen LogP contribution is 2.36. The molecule has 3 N–H and O–H groups in total. The number of halogens is 2. The fourth-order valence-electron chi connectivity index (χ4n) is 3.72. The quantitative estimate of drug-likeness (QED) is 0.383. The van der Waals surface area contributed by atoms with Gasteiger partial charge in [-0.3, -0.25) is 0 Å². The Morgan fingerprint density at radius 3 is 2.57 bits per heavy atom. The number of H-pyrrole nitrogens is 1. The van der Waals surface area contributed by atoms with E-state index in [0.717, 1.165) is 59.7 Å². The van der Waals surface area contributed by atoms with Crippen molar-refractivity contribution in [2.75, 3.05) is 31.0 Å². The van der Waals surface area contributed by atoms with Gasteiger partial charge in [0, 0.05) is 36.1 Å². The Morgan fingerprint density at radius 1 is 1.13 bits per heavy atom. The second-order valence-electron chi connectivity index (χ2n) is 7.77. The molecule has 1 aliphatic heterocycles. The number of β-amino-alcohol motifs (C(OH)–C–C–N with tert-alkyl or cyclic N) is 1. The minimum Gasteiger partial charge on any atom is -0.487 e. The van der Waals surface area contributed by atoms with Crippen molar-refractivity contribution in [3.63, 3.8) is 0 Å². The van der Waals surface area contributed by atoms with Crippen LogP contribution in [0.25, 0.3) is 10.9 Å². The smallest absolute Gasteiger partial charge is 0.120 e. The molecule has 3 aromatic rings. The van der Waals surface area contributed by atoms with Crippen molar-refractivity contribution in [3.05, 3.63) is 52.6 Å². The molecule has 0 aliphatic carbocycles. The van der Waals surface area contributed by atoms with Crippen LogP contribution < -0.4 is 9.46 Å². The third-order valence-electron chi connectivity index (χ3n) is 5.53. The lowest BCUT2D eigenvalue weighted by atomic mass is 9.93. The van der Waals surface area contributed by atoms with Gasteiger partial charge in [0.2, 0.25) is 0 Å². The highest BCUT2D eigenvalue weighted by molar-refractivity contribution is 8.00. The molecule has 4 rings (SSSR count). The molecular formula is C22H25Cl2N3O2S. The van der Waals surface area contributed by atoms with E-state index in [1.807, 2.05) is 36.4 Å². The van der Waals surface area contributed by atoms with Crippen LogP contribution in [-0.4, -0.2) is 46.8 Å².